The molecule has 0 aliphatic carbocycles. The number of hydrogen-bond acceptors (Lipinski definition) is 4. The van der Waals surface area contributed by atoms with Gasteiger partial charge in [-0.05, 0) is 36.0 Å². The van der Waals surface area contributed by atoms with Crippen LogP contribution in [0, 0.1) is 0 Å². The molecule has 0 amide bonds. The van der Waals surface area contributed by atoms with Crippen LogP contribution in [0.1, 0.15) is 76.4 Å². The van der Waals surface area contributed by atoms with Crippen molar-refractivity contribution in [3.05, 3.63) is 47.3 Å². The minimum absolute atomic E-state index is 0.00751. The van der Waals surface area contributed by atoms with Gasteiger partial charge in [0.1, 0.15) is 11.5 Å². The maximum atomic E-state index is 13.2. The van der Waals surface area contributed by atoms with E-state index in [0.717, 1.165) is 24.2 Å². The SMILES string of the molecule is CC(C)c1cc(C2CCCN2S(=O)(=O)c2ccc(C(C)(C)C)cc2)no1. The largest absolute Gasteiger partial charge is 0.361 e. The van der Waals surface area contributed by atoms with Gasteiger partial charge in [-0.2, -0.15) is 4.31 Å². The topological polar surface area (TPSA) is 63.4 Å². The molecule has 2 aromatic rings. The van der Waals surface area contributed by atoms with Gasteiger partial charge in [0.05, 0.1) is 10.9 Å². The van der Waals surface area contributed by atoms with Crippen LogP contribution in [0.25, 0.3) is 0 Å². The van der Waals surface area contributed by atoms with Crippen molar-refractivity contribution in [2.45, 2.75) is 69.7 Å². The quantitative estimate of drug-likeness (QED) is 0.781. The molecule has 0 saturated carbocycles. The van der Waals surface area contributed by atoms with Crippen molar-refractivity contribution in [1.29, 1.82) is 0 Å². The highest BCUT2D eigenvalue weighted by Gasteiger charge is 2.38. The van der Waals surface area contributed by atoms with Gasteiger partial charge in [0.2, 0.25) is 10.0 Å². The maximum absolute atomic E-state index is 13.2. The van der Waals surface area contributed by atoms with Crippen molar-refractivity contribution in [1.82, 2.24) is 9.46 Å². The van der Waals surface area contributed by atoms with Gasteiger partial charge in [0.25, 0.3) is 0 Å². The van der Waals surface area contributed by atoms with Gasteiger partial charge in [-0.15, -0.1) is 0 Å². The molecule has 1 aliphatic rings. The average molecular weight is 377 g/mol. The van der Waals surface area contributed by atoms with Crippen LogP contribution in [-0.4, -0.2) is 24.4 Å². The van der Waals surface area contributed by atoms with E-state index in [4.69, 9.17) is 4.52 Å². The van der Waals surface area contributed by atoms with Gasteiger partial charge >= 0.3 is 0 Å². The molecule has 1 aromatic carbocycles. The van der Waals surface area contributed by atoms with E-state index in [1.807, 2.05) is 32.0 Å². The molecule has 0 N–H and O–H groups in total. The second-order valence-electron chi connectivity index (χ2n) is 8.36. The number of benzene rings is 1. The molecular formula is C20H28N2O3S. The summed E-state index contributed by atoms with van der Waals surface area (Å²) in [5.41, 5.74) is 1.82. The fourth-order valence-corrected chi connectivity index (χ4v) is 4.99. The van der Waals surface area contributed by atoms with Crippen molar-refractivity contribution in [3.8, 4) is 0 Å². The summed E-state index contributed by atoms with van der Waals surface area (Å²) < 4.78 is 33.3. The predicted octanol–water partition coefficient (Wildman–Crippen LogP) is 4.62. The second-order valence-corrected chi connectivity index (χ2v) is 10.2. The normalized spacial score (nSPS) is 19.4. The van der Waals surface area contributed by atoms with Crippen molar-refractivity contribution in [2.75, 3.05) is 6.54 Å². The van der Waals surface area contributed by atoms with Gasteiger partial charge in [0, 0.05) is 18.5 Å². The Morgan fingerprint density at radius 3 is 2.38 bits per heavy atom. The van der Waals surface area contributed by atoms with Crippen LogP contribution in [0.5, 0.6) is 0 Å². The molecule has 0 bridgehead atoms. The van der Waals surface area contributed by atoms with Gasteiger partial charge in [-0.25, -0.2) is 8.42 Å². The van der Waals surface area contributed by atoms with Crippen LogP contribution in [0.4, 0.5) is 0 Å². The van der Waals surface area contributed by atoms with Crippen molar-refractivity contribution < 1.29 is 12.9 Å². The highest BCUT2D eigenvalue weighted by Crippen LogP contribution is 2.37. The summed E-state index contributed by atoms with van der Waals surface area (Å²) in [5.74, 6) is 1.02. The zero-order valence-corrected chi connectivity index (χ0v) is 17.0. The van der Waals surface area contributed by atoms with Gasteiger partial charge in [-0.3, -0.25) is 0 Å². The maximum Gasteiger partial charge on any atom is 0.243 e. The fraction of sp³-hybridized carbons (Fsp3) is 0.550. The lowest BCUT2D eigenvalue weighted by Crippen LogP contribution is -2.31. The predicted molar refractivity (Wildman–Crippen MR) is 102 cm³/mol. The van der Waals surface area contributed by atoms with E-state index in [9.17, 15) is 8.42 Å². The number of aromatic nitrogens is 1. The second kappa shape index (κ2) is 6.82. The summed E-state index contributed by atoms with van der Waals surface area (Å²) in [6.45, 7) is 10.9. The Morgan fingerprint density at radius 1 is 1.19 bits per heavy atom. The molecule has 0 radical (unpaired) electrons. The van der Waals surface area contributed by atoms with E-state index in [1.165, 1.54) is 0 Å². The molecule has 26 heavy (non-hydrogen) atoms. The summed E-state index contributed by atoms with van der Waals surface area (Å²) in [6, 6.07) is 8.89. The van der Waals surface area contributed by atoms with Gasteiger partial charge in [-0.1, -0.05) is 51.9 Å². The smallest absolute Gasteiger partial charge is 0.243 e. The van der Waals surface area contributed by atoms with E-state index in [0.29, 0.717) is 17.1 Å². The highest BCUT2D eigenvalue weighted by atomic mass is 32.2. The van der Waals surface area contributed by atoms with Gasteiger partial charge in [0.15, 0.2) is 0 Å². The number of nitrogens with zero attached hydrogens (tertiary/aromatic N) is 2. The Hall–Kier alpha value is -1.66. The molecule has 1 saturated heterocycles. The zero-order chi connectivity index (χ0) is 19.1. The lowest BCUT2D eigenvalue weighted by molar-refractivity contribution is 0.338. The van der Waals surface area contributed by atoms with E-state index >= 15 is 0 Å². The first kappa shape index (κ1) is 19.1. The lowest BCUT2D eigenvalue weighted by atomic mass is 9.87. The molecule has 5 nitrogen and oxygen atoms in total. The lowest BCUT2D eigenvalue weighted by Gasteiger charge is -2.23. The Labute approximate surface area is 156 Å². The van der Waals surface area contributed by atoms with E-state index in [2.05, 4.69) is 25.9 Å². The Morgan fingerprint density at radius 2 is 1.85 bits per heavy atom. The molecule has 1 atom stereocenters. The molecule has 0 spiro atoms. The van der Waals surface area contributed by atoms with E-state index in [1.54, 1.807) is 16.4 Å². The van der Waals surface area contributed by atoms with Crippen molar-refractivity contribution in [3.63, 3.8) is 0 Å². The Bertz CT molecular complexity index is 861. The van der Waals surface area contributed by atoms with Crippen molar-refractivity contribution >= 4 is 10.0 Å². The summed E-state index contributed by atoms with van der Waals surface area (Å²) in [5, 5.41) is 4.14. The first-order valence-corrected chi connectivity index (χ1v) is 10.6. The summed E-state index contributed by atoms with van der Waals surface area (Å²) in [6.07, 6.45) is 1.59. The first-order valence-electron chi connectivity index (χ1n) is 9.19. The van der Waals surface area contributed by atoms with E-state index < -0.39 is 10.0 Å². The minimum atomic E-state index is -3.56. The Kier molecular flexibility index (Phi) is 5.01. The number of rotatable bonds is 4. The monoisotopic (exact) mass is 376 g/mol. The molecule has 6 heteroatoms. The summed E-state index contributed by atoms with van der Waals surface area (Å²) in [4.78, 5) is 0.338. The van der Waals surface area contributed by atoms with Crippen LogP contribution in [-0.2, 0) is 15.4 Å². The zero-order valence-electron chi connectivity index (χ0n) is 16.2. The van der Waals surface area contributed by atoms with Crippen LogP contribution in [0.2, 0.25) is 0 Å². The molecule has 1 aromatic heterocycles. The van der Waals surface area contributed by atoms with Crippen LogP contribution >= 0.6 is 0 Å². The van der Waals surface area contributed by atoms with Crippen LogP contribution < -0.4 is 0 Å². The van der Waals surface area contributed by atoms with Crippen LogP contribution in [0.3, 0.4) is 0 Å². The third-order valence-electron chi connectivity index (χ3n) is 4.99. The van der Waals surface area contributed by atoms with Gasteiger partial charge < -0.3 is 4.52 Å². The minimum Gasteiger partial charge on any atom is -0.361 e. The van der Waals surface area contributed by atoms with E-state index in [-0.39, 0.29) is 17.4 Å². The molecule has 1 fully saturated rings. The molecule has 1 aliphatic heterocycles. The molecule has 1 unspecified atom stereocenters. The summed E-state index contributed by atoms with van der Waals surface area (Å²) in [7, 11) is -3.56. The molecule has 3 rings (SSSR count). The molecular weight excluding hydrogens is 348 g/mol. The third-order valence-corrected chi connectivity index (χ3v) is 6.91. The summed E-state index contributed by atoms with van der Waals surface area (Å²) >= 11 is 0. The fourth-order valence-electron chi connectivity index (χ4n) is 3.32. The standard InChI is InChI=1S/C20H28N2O3S/c1-14(2)19-13-17(21-25-19)18-7-6-12-22(18)26(23,24)16-10-8-15(9-11-16)20(3,4)5/h8-11,13-14,18H,6-7,12H2,1-5H3. The first-order chi connectivity index (χ1) is 12.1. The third kappa shape index (κ3) is 3.58. The molecule has 2 heterocycles. The number of hydrogen-bond donors (Lipinski definition) is 0. The van der Waals surface area contributed by atoms with Crippen molar-refractivity contribution in [2.24, 2.45) is 0 Å². The Balaban J connectivity index is 1.90. The van der Waals surface area contributed by atoms with Crippen LogP contribution in [0.15, 0.2) is 39.8 Å². The highest BCUT2D eigenvalue weighted by molar-refractivity contribution is 7.89. The number of sulfonamides is 1. The molecule has 142 valence electrons. The average Bonchev–Trinajstić information content (AvgIpc) is 3.23.